The van der Waals surface area contributed by atoms with Gasteiger partial charge in [0.2, 0.25) is 0 Å². The first-order valence-electron chi connectivity index (χ1n) is 6.42. The number of aliphatic hydroxyl groups excluding tert-OH is 1. The summed E-state index contributed by atoms with van der Waals surface area (Å²) in [4.78, 5) is 8.53. The largest absolute Gasteiger partial charge is 0.391 e. The average molecular weight is 272 g/mol. The number of anilines is 1. The monoisotopic (exact) mass is 271 g/mol. The lowest BCUT2D eigenvalue weighted by atomic mass is 9.97. The molecule has 4 nitrogen and oxygen atoms in total. The van der Waals surface area contributed by atoms with Gasteiger partial charge in [0.05, 0.1) is 17.5 Å². The van der Waals surface area contributed by atoms with E-state index in [1.165, 1.54) is 0 Å². The number of halogens is 1. The summed E-state index contributed by atoms with van der Waals surface area (Å²) in [7, 11) is 0. The van der Waals surface area contributed by atoms with Crippen molar-refractivity contribution in [3.8, 4) is 0 Å². The number of hydrogen-bond acceptors (Lipinski definition) is 4. The van der Waals surface area contributed by atoms with E-state index in [4.69, 9.17) is 11.6 Å². The Balaban J connectivity index is 2.66. The fourth-order valence-electron chi connectivity index (χ4n) is 1.89. The van der Waals surface area contributed by atoms with Crippen molar-refractivity contribution in [1.29, 1.82) is 0 Å². The van der Waals surface area contributed by atoms with Crippen LogP contribution in [0, 0.1) is 19.8 Å². The van der Waals surface area contributed by atoms with Crippen molar-refractivity contribution in [3.63, 3.8) is 0 Å². The Hall–Kier alpha value is -0.870. The van der Waals surface area contributed by atoms with Gasteiger partial charge in [0.15, 0.2) is 11.0 Å². The summed E-state index contributed by atoms with van der Waals surface area (Å²) in [5, 5.41) is 13.5. The molecule has 18 heavy (non-hydrogen) atoms. The highest BCUT2D eigenvalue weighted by Gasteiger charge is 2.16. The SMILES string of the molecule is CCC(CC)C(O)CNc1nc(C)c(C)nc1Cl. The average Bonchev–Trinajstić information content (AvgIpc) is 2.33. The summed E-state index contributed by atoms with van der Waals surface area (Å²) in [5.41, 5.74) is 1.67. The normalized spacial score (nSPS) is 12.8. The third kappa shape index (κ3) is 3.82. The first-order valence-corrected chi connectivity index (χ1v) is 6.80. The van der Waals surface area contributed by atoms with Crippen LogP contribution in [-0.4, -0.2) is 27.7 Å². The molecule has 0 radical (unpaired) electrons. The highest BCUT2D eigenvalue weighted by atomic mass is 35.5. The third-order valence-corrected chi connectivity index (χ3v) is 3.60. The fraction of sp³-hybridized carbons (Fsp3) is 0.692. The summed E-state index contributed by atoms with van der Waals surface area (Å²) in [6.45, 7) is 8.38. The van der Waals surface area contributed by atoms with Gasteiger partial charge in [0.1, 0.15) is 0 Å². The van der Waals surface area contributed by atoms with Crippen LogP contribution >= 0.6 is 11.6 Å². The number of rotatable bonds is 6. The molecule has 1 rings (SSSR count). The summed E-state index contributed by atoms with van der Waals surface area (Å²) < 4.78 is 0. The molecular weight excluding hydrogens is 250 g/mol. The Morgan fingerprint density at radius 2 is 1.72 bits per heavy atom. The number of nitrogens with one attached hydrogen (secondary N) is 1. The molecule has 0 bridgehead atoms. The molecule has 1 atom stereocenters. The fourth-order valence-corrected chi connectivity index (χ4v) is 2.12. The number of nitrogens with zero attached hydrogens (tertiary/aromatic N) is 2. The second-order valence-corrected chi connectivity index (χ2v) is 4.92. The van der Waals surface area contributed by atoms with Crippen molar-refractivity contribution in [2.45, 2.75) is 46.6 Å². The topological polar surface area (TPSA) is 58.0 Å². The van der Waals surface area contributed by atoms with Crippen LogP contribution in [0.2, 0.25) is 5.15 Å². The molecule has 0 saturated carbocycles. The molecule has 0 aliphatic rings. The molecule has 2 N–H and O–H groups in total. The van der Waals surface area contributed by atoms with E-state index in [0.29, 0.717) is 23.4 Å². The van der Waals surface area contributed by atoms with E-state index in [0.717, 1.165) is 24.2 Å². The van der Waals surface area contributed by atoms with E-state index in [1.54, 1.807) is 0 Å². The molecule has 0 aliphatic carbocycles. The second kappa shape index (κ2) is 6.90. The third-order valence-electron chi connectivity index (χ3n) is 3.34. The second-order valence-electron chi connectivity index (χ2n) is 4.56. The van der Waals surface area contributed by atoms with Gasteiger partial charge in [-0.05, 0) is 19.8 Å². The maximum atomic E-state index is 10.0. The molecule has 1 heterocycles. The minimum absolute atomic E-state index is 0.302. The van der Waals surface area contributed by atoms with Gasteiger partial charge in [-0.2, -0.15) is 0 Å². The molecule has 0 aliphatic heterocycles. The Morgan fingerprint density at radius 3 is 2.28 bits per heavy atom. The van der Waals surface area contributed by atoms with E-state index in [9.17, 15) is 5.11 Å². The minimum atomic E-state index is -0.389. The molecule has 1 aromatic rings. The van der Waals surface area contributed by atoms with Gasteiger partial charge >= 0.3 is 0 Å². The zero-order valence-electron chi connectivity index (χ0n) is 11.5. The quantitative estimate of drug-likeness (QED) is 0.835. The van der Waals surface area contributed by atoms with E-state index < -0.39 is 0 Å². The van der Waals surface area contributed by atoms with Crippen LogP contribution in [0.15, 0.2) is 0 Å². The molecule has 1 aromatic heterocycles. The van der Waals surface area contributed by atoms with Crippen LogP contribution in [0.5, 0.6) is 0 Å². The van der Waals surface area contributed by atoms with Gasteiger partial charge in [-0.3, -0.25) is 0 Å². The Bertz CT molecular complexity index is 394. The van der Waals surface area contributed by atoms with E-state index in [2.05, 4.69) is 29.1 Å². The minimum Gasteiger partial charge on any atom is -0.391 e. The lowest BCUT2D eigenvalue weighted by Crippen LogP contribution is -2.28. The van der Waals surface area contributed by atoms with Crippen LogP contribution in [-0.2, 0) is 0 Å². The first-order chi connectivity index (χ1) is 8.49. The van der Waals surface area contributed by atoms with Gasteiger partial charge < -0.3 is 10.4 Å². The number of aryl methyl sites for hydroxylation is 2. The zero-order valence-corrected chi connectivity index (χ0v) is 12.3. The summed E-state index contributed by atoms with van der Waals surface area (Å²) >= 11 is 6.01. The van der Waals surface area contributed by atoms with Crippen molar-refractivity contribution >= 4 is 17.4 Å². The predicted octanol–water partition coefficient (Wildman–Crippen LogP) is 2.96. The number of hydrogen-bond donors (Lipinski definition) is 2. The zero-order chi connectivity index (χ0) is 13.7. The molecule has 0 spiro atoms. The first kappa shape index (κ1) is 15.2. The smallest absolute Gasteiger partial charge is 0.171 e. The molecule has 0 aromatic carbocycles. The molecular formula is C13H22ClN3O. The molecule has 1 unspecified atom stereocenters. The van der Waals surface area contributed by atoms with Gasteiger partial charge in [-0.15, -0.1) is 0 Å². The summed E-state index contributed by atoms with van der Waals surface area (Å²) in [6, 6.07) is 0. The maximum Gasteiger partial charge on any atom is 0.171 e. The maximum absolute atomic E-state index is 10.0. The van der Waals surface area contributed by atoms with Crippen LogP contribution < -0.4 is 5.32 Å². The highest BCUT2D eigenvalue weighted by Crippen LogP contribution is 2.19. The number of aromatic nitrogens is 2. The van der Waals surface area contributed by atoms with Crippen molar-refractivity contribution < 1.29 is 5.11 Å². The van der Waals surface area contributed by atoms with E-state index >= 15 is 0 Å². The van der Waals surface area contributed by atoms with E-state index in [1.807, 2.05) is 13.8 Å². The summed E-state index contributed by atoms with van der Waals surface area (Å²) in [5.74, 6) is 0.848. The van der Waals surface area contributed by atoms with Crippen LogP contribution in [0.3, 0.4) is 0 Å². The van der Waals surface area contributed by atoms with Gasteiger partial charge in [0.25, 0.3) is 0 Å². The van der Waals surface area contributed by atoms with Gasteiger partial charge in [-0.25, -0.2) is 9.97 Å². The lowest BCUT2D eigenvalue weighted by Gasteiger charge is -2.20. The van der Waals surface area contributed by atoms with Crippen molar-refractivity contribution in [2.75, 3.05) is 11.9 Å². The standard InChI is InChI=1S/C13H22ClN3O/c1-5-10(6-2)11(18)7-15-13-12(14)16-8(3)9(4)17-13/h10-11,18H,5-7H2,1-4H3,(H,15,17). The van der Waals surface area contributed by atoms with Gasteiger partial charge in [-0.1, -0.05) is 38.3 Å². The molecule has 0 saturated heterocycles. The molecule has 0 amide bonds. The Kier molecular flexibility index (Phi) is 5.82. The van der Waals surface area contributed by atoms with Crippen LogP contribution in [0.1, 0.15) is 38.1 Å². The summed E-state index contributed by atoms with van der Waals surface area (Å²) in [6.07, 6.45) is 1.54. The van der Waals surface area contributed by atoms with Crippen molar-refractivity contribution in [2.24, 2.45) is 5.92 Å². The molecule has 102 valence electrons. The van der Waals surface area contributed by atoms with Crippen molar-refractivity contribution in [1.82, 2.24) is 9.97 Å². The van der Waals surface area contributed by atoms with Crippen LogP contribution in [0.25, 0.3) is 0 Å². The van der Waals surface area contributed by atoms with Crippen LogP contribution in [0.4, 0.5) is 5.82 Å². The van der Waals surface area contributed by atoms with Crippen molar-refractivity contribution in [3.05, 3.63) is 16.5 Å². The lowest BCUT2D eigenvalue weighted by molar-refractivity contribution is 0.114. The van der Waals surface area contributed by atoms with Gasteiger partial charge in [0, 0.05) is 6.54 Å². The Morgan fingerprint density at radius 1 is 1.17 bits per heavy atom. The molecule has 0 fully saturated rings. The highest BCUT2D eigenvalue weighted by molar-refractivity contribution is 6.31. The van der Waals surface area contributed by atoms with E-state index in [-0.39, 0.29) is 6.10 Å². The Labute approximate surface area is 114 Å². The molecule has 5 heteroatoms. The predicted molar refractivity (Wildman–Crippen MR) is 75.1 cm³/mol. The number of aliphatic hydroxyl groups is 1.